The van der Waals surface area contributed by atoms with Crippen molar-refractivity contribution in [3.63, 3.8) is 0 Å². The van der Waals surface area contributed by atoms with E-state index >= 15 is 0 Å². The van der Waals surface area contributed by atoms with E-state index in [-0.39, 0.29) is 0 Å². The fraction of sp³-hybridized carbons (Fsp3) is 0. The molecule has 0 aliphatic heterocycles. The first-order valence-corrected chi connectivity index (χ1v) is 4.22. The first-order valence-electron chi connectivity index (χ1n) is 4.22. The van der Waals surface area contributed by atoms with Crippen LogP contribution in [0.15, 0.2) is 22.5 Å². The number of hydrogen-bond donors (Lipinski definition) is 3. The quantitative estimate of drug-likeness (QED) is 0.503. The van der Waals surface area contributed by atoms with E-state index in [1.807, 2.05) is 6.07 Å². The van der Waals surface area contributed by atoms with Gasteiger partial charge in [-0.05, 0) is 6.07 Å². The molecule has 0 aromatic carbocycles. The summed E-state index contributed by atoms with van der Waals surface area (Å²) in [6, 6.07) is 3.52. The molecule has 0 bridgehead atoms. The van der Waals surface area contributed by atoms with Crippen molar-refractivity contribution in [2.45, 2.75) is 0 Å². The van der Waals surface area contributed by atoms with Crippen molar-refractivity contribution in [2.24, 2.45) is 10.2 Å². The smallest absolute Gasteiger partial charge is 0.164 e. The standard InChI is InChI=1S/C9H9N7/c1-12-15-8-4-7(5-11)9(13-6-8)16-14-3-2-10/h2-4,6,10,15H,1H2,(H,13,16)/b10-2?,14-3-. The molecule has 0 amide bonds. The van der Waals surface area contributed by atoms with Crippen LogP contribution in [-0.4, -0.2) is 24.1 Å². The molecule has 0 saturated carbocycles. The molecule has 3 N–H and O–H groups in total. The summed E-state index contributed by atoms with van der Waals surface area (Å²) in [5.41, 5.74) is 6.00. The van der Waals surface area contributed by atoms with Gasteiger partial charge in [-0.3, -0.25) is 10.9 Å². The van der Waals surface area contributed by atoms with Crippen LogP contribution in [0.25, 0.3) is 0 Å². The van der Waals surface area contributed by atoms with Crippen LogP contribution in [0.2, 0.25) is 0 Å². The van der Waals surface area contributed by atoms with E-state index in [1.54, 1.807) is 6.07 Å². The van der Waals surface area contributed by atoms with Crippen molar-refractivity contribution < 1.29 is 0 Å². The van der Waals surface area contributed by atoms with Crippen LogP contribution in [0.1, 0.15) is 5.56 Å². The molecule has 1 rings (SSSR count). The highest BCUT2D eigenvalue weighted by molar-refractivity contribution is 6.14. The number of hydrogen-bond acceptors (Lipinski definition) is 7. The SMILES string of the molecule is C=NNc1cnc(N/N=C\C=N)c(C#N)c1. The molecule has 7 heteroatoms. The lowest BCUT2D eigenvalue weighted by Crippen LogP contribution is -1.98. The van der Waals surface area contributed by atoms with Crippen LogP contribution in [0, 0.1) is 16.7 Å². The van der Waals surface area contributed by atoms with Gasteiger partial charge in [-0.2, -0.15) is 15.5 Å². The number of anilines is 2. The summed E-state index contributed by atoms with van der Waals surface area (Å²) in [6.45, 7) is 3.26. The van der Waals surface area contributed by atoms with Crippen LogP contribution in [-0.2, 0) is 0 Å². The monoisotopic (exact) mass is 215 g/mol. The van der Waals surface area contributed by atoms with E-state index in [0.717, 1.165) is 6.21 Å². The van der Waals surface area contributed by atoms with E-state index in [4.69, 9.17) is 10.7 Å². The molecule has 0 aliphatic rings. The zero-order valence-electron chi connectivity index (χ0n) is 8.31. The summed E-state index contributed by atoms with van der Waals surface area (Å²) < 4.78 is 0. The van der Waals surface area contributed by atoms with Gasteiger partial charge >= 0.3 is 0 Å². The molecule has 80 valence electrons. The molecule has 7 nitrogen and oxygen atoms in total. The van der Waals surface area contributed by atoms with Crippen LogP contribution in [0.5, 0.6) is 0 Å². The van der Waals surface area contributed by atoms with Crippen LogP contribution in [0.4, 0.5) is 11.5 Å². The second-order valence-electron chi connectivity index (χ2n) is 2.56. The normalized spacial score (nSPS) is 9.44. The van der Waals surface area contributed by atoms with Crippen LogP contribution >= 0.6 is 0 Å². The molecule has 1 aromatic rings. The third-order valence-corrected chi connectivity index (χ3v) is 1.54. The average molecular weight is 215 g/mol. The molecule has 1 aromatic heterocycles. The number of hydrazone groups is 2. The molecule has 0 atom stereocenters. The fourth-order valence-electron chi connectivity index (χ4n) is 0.927. The highest BCUT2D eigenvalue weighted by atomic mass is 15.3. The second kappa shape index (κ2) is 5.87. The topological polar surface area (TPSA) is 109 Å². The number of nitriles is 1. The van der Waals surface area contributed by atoms with E-state index in [0.29, 0.717) is 17.1 Å². The molecule has 0 aliphatic carbocycles. The van der Waals surface area contributed by atoms with Crippen molar-refractivity contribution >= 4 is 30.7 Å². The minimum atomic E-state index is 0.315. The maximum Gasteiger partial charge on any atom is 0.164 e. The Morgan fingerprint density at radius 3 is 3.00 bits per heavy atom. The lowest BCUT2D eigenvalue weighted by molar-refractivity contribution is 1.20. The van der Waals surface area contributed by atoms with Gasteiger partial charge in [0.15, 0.2) is 5.82 Å². The maximum atomic E-state index is 8.87. The van der Waals surface area contributed by atoms with E-state index < -0.39 is 0 Å². The third kappa shape index (κ3) is 2.88. The molecule has 0 unspecified atom stereocenters. The van der Waals surface area contributed by atoms with Gasteiger partial charge in [0.05, 0.1) is 23.7 Å². The molecule has 16 heavy (non-hydrogen) atoms. The Hall–Kier alpha value is -2.75. The summed E-state index contributed by atoms with van der Waals surface area (Å²) >= 11 is 0. The van der Waals surface area contributed by atoms with Crippen molar-refractivity contribution in [3.8, 4) is 6.07 Å². The Kier molecular flexibility index (Phi) is 4.16. The summed E-state index contributed by atoms with van der Waals surface area (Å²) in [4.78, 5) is 3.97. The van der Waals surface area contributed by atoms with Gasteiger partial charge < -0.3 is 5.41 Å². The lowest BCUT2D eigenvalue weighted by atomic mass is 10.2. The highest BCUT2D eigenvalue weighted by Gasteiger charge is 2.03. The molecular weight excluding hydrogens is 206 g/mol. The Labute approximate surface area is 92.0 Å². The number of aromatic nitrogens is 1. The summed E-state index contributed by atoms with van der Waals surface area (Å²) in [7, 11) is 0. The summed E-state index contributed by atoms with van der Waals surface area (Å²) in [5.74, 6) is 0.315. The molecule has 0 spiro atoms. The Balaban J connectivity index is 2.93. The lowest BCUT2D eigenvalue weighted by Gasteiger charge is -2.03. The van der Waals surface area contributed by atoms with Crippen molar-refractivity contribution in [3.05, 3.63) is 17.8 Å². The molecule has 0 radical (unpaired) electrons. The molecule has 0 fully saturated rings. The van der Waals surface area contributed by atoms with Crippen LogP contribution in [0.3, 0.4) is 0 Å². The Bertz CT molecular complexity index is 457. The summed E-state index contributed by atoms with van der Waals surface area (Å²) in [6.07, 6.45) is 3.73. The van der Waals surface area contributed by atoms with Gasteiger partial charge in [0.25, 0.3) is 0 Å². The first kappa shape index (κ1) is 11.3. The molecule has 0 saturated heterocycles. The van der Waals surface area contributed by atoms with Crippen molar-refractivity contribution in [2.75, 3.05) is 10.9 Å². The minimum Gasteiger partial charge on any atom is -0.307 e. The zero-order chi connectivity index (χ0) is 11.8. The number of nitrogens with zero attached hydrogens (tertiary/aromatic N) is 4. The molecular formula is C9H9N7. The van der Waals surface area contributed by atoms with E-state index in [2.05, 4.69) is 32.8 Å². The van der Waals surface area contributed by atoms with Gasteiger partial charge in [-0.25, -0.2) is 4.98 Å². The zero-order valence-corrected chi connectivity index (χ0v) is 8.31. The first-order chi connectivity index (χ1) is 7.81. The Morgan fingerprint density at radius 1 is 1.56 bits per heavy atom. The van der Waals surface area contributed by atoms with Gasteiger partial charge in [-0.1, -0.05) is 0 Å². The third-order valence-electron chi connectivity index (χ3n) is 1.54. The average Bonchev–Trinajstić information content (AvgIpc) is 2.31. The fourth-order valence-corrected chi connectivity index (χ4v) is 0.927. The number of nitrogens with one attached hydrogen (secondary N) is 3. The molecule has 1 heterocycles. The van der Waals surface area contributed by atoms with E-state index in [9.17, 15) is 0 Å². The van der Waals surface area contributed by atoms with Gasteiger partial charge in [0.1, 0.15) is 6.07 Å². The minimum absolute atomic E-state index is 0.315. The largest absolute Gasteiger partial charge is 0.307 e. The van der Waals surface area contributed by atoms with Gasteiger partial charge in [0, 0.05) is 12.9 Å². The van der Waals surface area contributed by atoms with Gasteiger partial charge in [-0.15, -0.1) is 0 Å². The van der Waals surface area contributed by atoms with E-state index in [1.165, 1.54) is 12.4 Å². The predicted molar refractivity (Wildman–Crippen MR) is 63.0 cm³/mol. The summed E-state index contributed by atoms with van der Waals surface area (Å²) in [5, 5.41) is 22.7. The highest BCUT2D eigenvalue weighted by Crippen LogP contribution is 2.16. The predicted octanol–water partition coefficient (Wildman–Crippen LogP) is 1.03. The van der Waals surface area contributed by atoms with Crippen molar-refractivity contribution in [1.29, 1.82) is 10.7 Å². The second-order valence-corrected chi connectivity index (χ2v) is 2.56. The maximum absolute atomic E-state index is 8.87. The van der Waals surface area contributed by atoms with Crippen molar-refractivity contribution in [1.82, 2.24) is 4.98 Å². The Morgan fingerprint density at radius 2 is 2.38 bits per heavy atom. The number of rotatable bonds is 5. The van der Waals surface area contributed by atoms with Gasteiger partial charge in [0.2, 0.25) is 0 Å². The van der Waals surface area contributed by atoms with Crippen LogP contribution < -0.4 is 10.9 Å². The number of pyridine rings is 1.